The van der Waals surface area contributed by atoms with Gasteiger partial charge in [0.15, 0.2) is 0 Å². The van der Waals surface area contributed by atoms with E-state index >= 15 is 0 Å². The zero-order valence-corrected chi connectivity index (χ0v) is 18.0. The predicted octanol–water partition coefficient (Wildman–Crippen LogP) is 0.359. The van der Waals surface area contributed by atoms with Crippen LogP contribution in [0.5, 0.6) is 0 Å². The predicted molar refractivity (Wildman–Crippen MR) is 112 cm³/mol. The van der Waals surface area contributed by atoms with Gasteiger partial charge in [0.25, 0.3) is 5.91 Å². The summed E-state index contributed by atoms with van der Waals surface area (Å²) >= 11 is 0. The van der Waals surface area contributed by atoms with Gasteiger partial charge in [-0.15, -0.1) is 0 Å². The van der Waals surface area contributed by atoms with Crippen LogP contribution in [0, 0.1) is 5.92 Å². The molecule has 0 aliphatic carbocycles. The lowest BCUT2D eigenvalue weighted by Crippen LogP contribution is -2.57. The van der Waals surface area contributed by atoms with Gasteiger partial charge in [-0.3, -0.25) is 14.5 Å². The van der Waals surface area contributed by atoms with Crippen LogP contribution in [0.15, 0.2) is 18.3 Å². The van der Waals surface area contributed by atoms with Crippen molar-refractivity contribution < 1.29 is 14.4 Å². The SMILES string of the molecule is CN[C@@H](C)C(=O)N[C@H](C(=O)N1c2ncccc2C[C@H]1CNC(=O)N(C)C)C(C)C. The highest BCUT2D eigenvalue weighted by Gasteiger charge is 2.39. The van der Waals surface area contributed by atoms with E-state index in [1.807, 2.05) is 26.0 Å². The molecule has 29 heavy (non-hydrogen) atoms. The van der Waals surface area contributed by atoms with Gasteiger partial charge in [0.2, 0.25) is 5.91 Å². The first-order chi connectivity index (χ1) is 13.7. The third-order valence-electron chi connectivity index (χ3n) is 5.11. The van der Waals surface area contributed by atoms with E-state index < -0.39 is 12.1 Å². The topological polar surface area (TPSA) is 107 Å². The van der Waals surface area contributed by atoms with Crippen molar-refractivity contribution in [3.8, 4) is 0 Å². The molecule has 9 nitrogen and oxygen atoms in total. The molecule has 9 heteroatoms. The van der Waals surface area contributed by atoms with Crippen molar-refractivity contribution >= 4 is 23.7 Å². The number of hydrogen-bond donors (Lipinski definition) is 3. The highest BCUT2D eigenvalue weighted by molar-refractivity contribution is 6.01. The zero-order chi connectivity index (χ0) is 21.7. The lowest BCUT2D eigenvalue weighted by molar-refractivity contribution is -0.129. The van der Waals surface area contributed by atoms with Crippen molar-refractivity contribution in [1.29, 1.82) is 0 Å². The quantitative estimate of drug-likeness (QED) is 0.608. The number of fused-ring (bicyclic) bond motifs is 1. The minimum atomic E-state index is -0.696. The molecule has 0 fully saturated rings. The lowest BCUT2D eigenvalue weighted by atomic mass is 10.0. The molecule has 0 saturated heterocycles. The van der Waals surface area contributed by atoms with Gasteiger partial charge in [-0.2, -0.15) is 0 Å². The first-order valence-electron chi connectivity index (χ1n) is 9.87. The molecule has 3 atom stereocenters. The molecule has 1 aromatic rings. The number of amides is 4. The van der Waals surface area contributed by atoms with Crippen LogP contribution in [0.2, 0.25) is 0 Å². The molecule has 0 saturated carbocycles. The number of carbonyl (C=O) groups is 3. The Morgan fingerprint density at radius 2 is 1.97 bits per heavy atom. The number of hydrogen-bond acceptors (Lipinski definition) is 5. The van der Waals surface area contributed by atoms with Crippen LogP contribution < -0.4 is 20.9 Å². The number of rotatable bonds is 7. The fraction of sp³-hybridized carbons (Fsp3) is 0.600. The maximum Gasteiger partial charge on any atom is 0.316 e. The monoisotopic (exact) mass is 404 g/mol. The van der Waals surface area contributed by atoms with Crippen molar-refractivity contribution in [2.24, 2.45) is 5.92 Å². The number of anilines is 1. The van der Waals surface area contributed by atoms with Gasteiger partial charge in [-0.1, -0.05) is 19.9 Å². The Bertz CT molecular complexity index is 751. The molecule has 2 rings (SSSR count). The van der Waals surface area contributed by atoms with Gasteiger partial charge in [0.1, 0.15) is 11.9 Å². The Hall–Kier alpha value is -2.68. The van der Waals surface area contributed by atoms with Gasteiger partial charge in [-0.25, -0.2) is 9.78 Å². The molecule has 3 N–H and O–H groups in total. The van der Waals surface area contributed by atoms with Gasteiger partial charge in [0, 0.05) is 26.8 Å². The minimum Gasteiger partial charge on any atom is -0.343 e. The first kappa shape index (κ1) is 22.6. The summed E-state index contributed by atoms with van der Waals surface area (Å²) in [5.41, 5.74) is 0.947. The van der Waals surface area contributed by atoms with E-state index in [1.165, 1.54) is 4.90 Å². The lowest BCUT2D eigenvalue weighted by Gasteiger charge is -2.31. The van der Waals surface area contributed by atoms with Gasteiger partial charge < -0.3 is 20.9 Å². The maximum atomic E-state index is 13.5. The van der Waals surface area contributed by atoms with Crippen LogP contribution in [0.4, 0.5) is 10.6 Å². The average molecular weight is 405 g/mol. The standard InChI is InChI=1S/C20H32N6O3/c1-12(2)16(24-18(27)13(3)21-4)19(28)26-15(11-23-20(29)25(5)6)10-14-8-7-9-22-17(14)26/h7-9,12-13,15-16,21H,10-11H2,1-6H3,(H,23,29)(H,24,27)/t13-,15-,16-/m0/s1. The van der Waals surface area contributed by atoms with E-state index in [2.05, 4.69) is 20.9 Å². The smallest absolute Gasteiger partial charge is 0.316 e. The molecular weight excluding hydrogens is 372 g/mol. The fourth-order valence-electron chi connectivity index (χ4n) is 3.21. The summed E-state index contributed by atoms with van der Waals surface area (Å²) in [6.45, 7) is 5.82. The largest absolute Gasteiger partial charge is 0.343 e. The van der Waals surface area contributed by atoms with Crippen molar-refractivity contribution in [2.45, 2.75) is 45.3 Å². The second kappa shape index (κ2) is 9.69. The molecule has 0 unspecified atom stereocenters. The summed E-state index contributed by atoms with van der Waals surface area (Å²) in [5, 5.41) is 8.59. The maximum absolute atomic E-state index is 13.5. The molecular formula is C20H32N6O3. The Balaban J connectivity index is 2.27. The molecule has 0 aromatic carbocycles. The van der Waals surface area contributed by atoms with Gasteiger partial charge in [-0.05, 0) is 37.9 Å². The van der Waals surface area contributed by atoms with Crippen LogP contribution in [-0.4, -0.2) is 73.5 Å². The van der Waals surface area contributed by atoms with Crippen LogP contribution >= 0.6 is 0 Å². The molecule has 0 bridgehead atoms. The number of aromatic nitrogens is 1. The number of nitrogens with one attached hydrogen (secondary N) is 3. The van der Waals surface area contributed by atoms with Crippen molar-refractivity contribution in [2.75, 3.05) is 32.6 Å². The molecule has 0 radical (unpaired) electrons. The normalized spacial score (nSPS) is 17.5. The van der Waals surface area contributed by atoms with E-state index in [0.29, 0.717) is 18.8 Å². The van der Waals surface area contributed by atoms with E-state index in [4.69, 9.17) is 0 Å². The fourth-order valence-corrected chi connectivity index (χ4v) is 3.21. The molecule has 4 amide bonds. The highest BCUT2D eigenvalue weighted by Crippen LogP contribution is 2.31. The summed E-state index contributed by atoms with van der Waals surface area (Å²) in [4.78, 5) is 45.4. The van der Waals surface area contributed by atoms with Gasteiger partial charge in [0.05, 0.1) is 12.1 Å². The van der Waals surface area contributed by atoms with E-state index in [1.54, 1.807) is 39.2 Å². The molecule has 1 aliphatic rings. The number of carbonyl (C=O) groups excluding carboxylic acids is 3. The third-order valence-corrected chi connectivity index (χ3v) is 5.11. The number of pyridine rings is 1. The number of urea groups is 1. The number of nitrogens with zero attached hydrogens (tertiary/aromatic N) is 3. The molecule has 1 aliphatic heterocycles. The van der Waals surface area contributed by atoms with Crippen LogP contribution in [-0.2, 0) is 16.0 Å². The molecule has 2 heterocycles. The van der Waals surface area contributed by atoms with Gasteiger partial charge >= 0.3 is 6.03 Å². The van der Waals surface area contributed by atoms with Crippen LogP contribution in [0.25, 0.3) is 0 Å². The Morgan fingerprint density at radius 3 is 2.55 bits per heavy atom. The molecule has 160 valence electrons. The molecule has 0 spiro atoms. The highest BCUT2D eigenvalue weighted by atomic mass is 16.2. The Kier molecular flexibility index (Phi) is 7.55. The van der Waals surface area contributed by atoms with E-state index in [9.17, 15) is 14.4 Å². The third kappa shape index (κ3) is 5.23. The Morgan fingerprint density at radius 1 is 1.28 bits per heavy atom. The first-order valence-corrected chi connectivity index (χ1v) is 9.87. The van der Waals surface area contributed by atoms with Crippen molar-refractivity contribution in [3.05, 3.63) is 23.9 Å². The summed E-state index contributed by atoms with van der Waals surface area (Å²) in [7, 11) is 5.02. The Labute approximate surface area is 172 Å². The molecule has 1 aromatic heterocycles. The number of likely N-dealkylation sites (N-methyl/N-ethyl adjacent to an activating group) is 1. The van der Waals surface area contributed by atoms with E-state index in [-0.39, 0.29) is 29.8 Å². The second-order valence-electron chi connectivity index (χ2n) is 7.87. The summed E-state index contributed by atoms with van der Waals surface area (Å²) in [6, 6.07) is 2.16. The summed E-state index contributed by atoms with van der Waals surface area (Å²) in [6.07, 6.45) is 2.24. The van der Waals surface area contributed by atoms with Crippen molar-refractivity contribution in [1.82, 2.24) is 25.8 Å². The van der Waals surface area contributed by atoms with Crippen LogP contribution in [0.3, 0.4) is 0 Å². The summed E-state index contributed by atoms with van der Waals surface area (Å²) in [5.74, 6) is 0.0131. The zero-order valence-electron chi connectivity index (χ0n) is 18.0. The van der Waals surface area contributed by atoms with Crippen LogP contribution in [0.1, 0.15) is 26.3 Å². The van der Waals surface area contributed by atoms with E-state index in [0.717, 1.165) is 5.56 Å². The summed E-state index contributed by atoms with van der Waals surface area (Å²) < 4.78 is 0. The minimum absolute atomic E-state index is 0.111. The van der Waals surface area contributed by atoms with Crippen molar-refractivity contribution in [3.63, 3.8) is 0 Å². The average Bonchev–Trinajstić information content (AvgIpc) is 3.06. The second-order valence-corrected chi connectivity index (χ2v) is 7.87.